The van der Waals surface area contributed by atoms with Crippen molar-refractivity contribution in [2.45, 2.75) is 6.54 Å². The van der Waals surface area contributed by atoms with E-state index in [1.807, 2.05) is 12.1 Å². The molecule has 0 aliphatic carbocycles. The predicted molar refractivity (Wildman–Crippen MR) is 99.1 cm³/mol. The van der Waals surface area contributed by atoms with Gasteiger partial charge in [0.25, 0.3) is 11.8 Å². The average molecular weight is 353 g/mol. The number of methoxy groups -OCH3 is 1. The number of ether oxygens (including phenoxy) is 1. The third-order valence-corrected chi connectivity index (χ3v) is 4.63. The van der Waals surface area contributed by atoms with Gasteiger partial charge in [-0.05, 0) is 42.0 Å². The number of hydrogen-bond donors (Lipinski definition) is 1. The summed E-state index contributed by atoms with van der Waals surface area (Å²) in [5, 5.41) is 0. The molecule has 0 saturated carbocycles. The van der Waals surface area contributed by atoms with Crippen LogP contribution in [0.4, 0.5) is 0 Å². The molecule has 3 rings (SSSR count). The van der Waals surface area contributed by atoms with Crippen LogP contribution in [-0.2, 0) is 6.54 Å². The van der Waals surface area contributed by atoms with Crippen molar-refractivity contribution in [3.05, 3.63) is 65.2 Å². The monoisotopic (exact) mass is 353 g/mol. The standard InChI is InChI=1S/C20H23N3O3/c1-26-18-8-6-17(7-9-18)20(25)23-12-10-22(11-13-23)19(24)16-4-2-15(14-21)3-5-16/h2-9H,10-14,21H2,1H3. The number of benzene rings is 2. The molecule has 1 aliphatic rings. The zero-order chi connectivity index (χ0) is 18.5. The molecule has 1 heterocycles. The lowest BCUT2D eigenvalue weighted by atomic mass is 10.1. The molecule has 0 aromatic heterocycles. The van der Waals surface area contributed by atoms with Crippen LogP contribution in [-0.4, -0.2) is 54.9 Å². The van der Waals surface area contributed by atoms with Crippen molar-refractivity contribution >= 4 is 11.8 Å². The normalized spacial score (nSPS) is 14.2. The summed E-state index contributed by atoms with van der Waals surface area (Å²) in [4.78, 5) is 28.7. The fraction of sp³-hybridized carbons (Fsp3) is 0.300. The van der Waals surface area contributed by atoms with Crippen molar-refractivity contribution in [1.29, 1.82) is 0 Å². The van der Waals surface area contributed by atoms with E-state index >= 15 is 0 Å². The maximum Gasteiger partial charge on any atom is 0.253 e. The molecular weight excluding hydrogens is 330 g/mol. The first-order chi connectivity index (χ1) is 12.6. The van der Waals surface area contributed by atoms with Gasteiger partial charge in [0, 0.05) is 43.9 Å². The molecule has 26 heavy (non-hydrogen) atoms. The lowest BCUT2D eigenvalue weighted by Crippen LogP contribution is -2.50. The van der Waals surface area contributed by atoms with E-state index in [0.717, 1.165) is 11.3 Å². The zero-order valence-corrected chi connectivity index (χ0v) is 14.9. The van der Waals surface area contributed by atoms with Crippen LogP contribution in [0.5, 0.6) is 5.75 Å². The minimum atomic E-state index is -0.0212. The highest BCUT2D eigenvalue weighted by Gasteiger charge is 2.25. The number of carbonyl (C=O) groups is 2. The smallest absolute Gasteiger partial charge is 0.253 e. The summed E-state index contributed by atoms with van der Waals surface area (Å²) in [7, 11) is 1.59. The number of piperazine rings is 1. The summed E-state index contributed by atoms with van der Waals surface area (Å²) >= 11 is 0. The molecule has 1 saturated heterocycles. The Bertz CT molecular complexity index is 696. The Morgan fingerprint density at radius 2 is 1.27 bits per heavy atom. The third kappa shape index (κ3) is 3.86. The maximum absolute atomic E-state index is 12.6. The van der Waals surface area contributed by atoms with Crippen molar-refractivity contribution in [3.63, 3.8) is 0 Å². The van der Waals surface area contributed by atoms with Crippen molar-refractivity contribution in [2.75, 3.05) is 33.3 Å². The molecule has 1 fully saturated rings. The Labute approximate surface area is 153 Å². The van der Waals surface area contributed by atoms with Gasteiger partial charge in [0.2, 0.25) is 0 Å². The van der Waals surface area contributed by atoms with Gasteiger partial charge in [-0.2, -0.15) is 0 Å². The van der Waals surface area contributed by atoms with Crippen LogP contribution in [0.15, 0.2) is 48.5 Å². The average Bonchev–Trinajstić information content (AvgIpc) is 2.73. The first kappa shape index (κ1) is 17.9. The molecule has 0 spiro atoms. The van der Waals surface area contributed by atoms with Crippen LogP contribution in [0.2, 0.25) is 0 Å². The Hall–Kier alpha value is -2.86. The van der Waals surface area contributed by atoms with E-state index in [2.05, 4.69) is 0 Å². The fourth-order valence-corrected chi connectivity index (χ4v) is 2.99. The second-order valence-electron chi connectivity index (χ2n) is 6.21. The highest BCUT2D eigenvalue weighted by molar-refractivity contribution is 5.96. The number of amides is 2. The first-order valence-corrected chi connectivity index (χ1v) is 8.64. The van der Waals surface area contributed by atoms with Gasteiger partial charge in [-0.25, -0.2) is 0 Å². The van der Waals surface area contributed by atoms with E-state index in [0.29, 0.717) is 43.9 Å². The second-order valence-corrected chi connectivity index (χ2v) is 6.21. The maximum atomic E-state index is 12.6. The molecule has 6 nitrogen and oxygen atoms in total. The first-order valence-electron chi connectivity index (χ1n) is 8.64. The number of hydrogen-bond acceptors (Lipinski definition) is 4. The van der Waals surface area contributed by atoms with Gasteiger partial charge >= 0.3 is 0 Å². The van der Waals surface area contributed by atoms with Crippen LogP contribution in [0.1, 0.15) is 26.3 Å². The van der Waals surface area contributed by atoms with Gasteiger partial charge in [0.05, 0.1) is 7.11 Å². The predicted octanol–water partition coefficient (Wildman–Crippen LogP) is 1.75. The van der Waals surface area contributed by atoms with Gasteiger partial charge in [0.15, 0.2) is 0 Å². The van der Waals surface area contributed by atoms with Crippen LogP contribution in [0.25, 0.3) is 0 Å². The highest BCUT2D eigenvalue weighted by atomic mass is 16.5. The van der Waals surface area contributed by atoms with Crippen LogP contribution in [0.3, 0.4) is 0 Å². The number of nitrogens with zero attached hydrogens (tertiary/aromatic N) is 2. The molecule has 1 aliphatic heterocycles. The fourth-order valence-electron chi connectivity index (χ4n) is 2.99. The molecule has 2 N–H and O–H groups in total. The lowest BCUT2D eigenvalue weighted by Gasteiger charge is -2.35. The van der Waals surface area contributed by atoms with Crippen molar-refractivity contribution in [1.82, 2.24) is 9.80 Å². The van der Waals surface area contributed by atoms with Gasteiger partial charge < -0.3 is 20.3 Å². The summed E-state index contributed by atoms with van der Waals surface area (Å²) in [6, 6.07) is 14.4. The number of rotatable bonds is 4. The van der Waals surface area contributed by atoms with Gasteiger partial charge in [-0.3, -0.25) is 9.59 Å². The Morgan fingerprint density at radius 3 is 1.65 bits per heavy atom. The van der Waals surface area contributed by atoms with Crippen LogP contribution in [0, 0.1) is 0 Å². The van der Waals surface area contributed by atoms with E-state index in [9.17, 15) is 9.59 Å². The van der Waals surface area contributed by atoms with E-state index in [1.54, 1.807) is 53.3 Å². The van der Waals surface area contributed by atoms with Gasteiger partial charge in [-0.1, -0.05) is 12.1 Å². The molecule has 0 atom stereocenters. The molecule has 6 heteroatoms. The summed E-state index contributed by atoms with van der Waals surface area (Å²) in [5.41, 5.74) is 7.86. The molecule has 0 bridgehead atoms. The second kappa shape index (κ2) is 8.01. The quantitative estimate of drug-likeness (QED) is 0.909. The van der Waals surface area contributed by atoms with Crippen molar-refractivity contribution in [2.24, 2.45) is 5.73 Å². The highest BCUT2D eigenvalue weighted by Crippen LogP contribution is 2.15. The van der Waals surface area contributed by atoms with Crippen LogP contribution < -0.4 is 10.5 Å². The van der Waals surface area contributed by atoms with E-state index < -0.39 is 0 Å². The van der Waals surface area contributed by atoms with Gasteiger partial charge in [-0.15, -0.1) is 0 Å². The molecule has 2 aromatic carbocycles. The largest absolute Gasteiger partial charge is 0.497 e. The topological polar surface area (TPSA) is 75.9 Å². The Morgan fingerprint density at radius 1 is 0.846 bits per heavy atom. The minimum Gasteiger partial charge on any atom is -0.497 e. The summed E-state index contributed by atoms with van der Waals surface area (Å²) in [6.07, 6.45) is 0. The molecule has 0 radical (unpaired) electrons. The SMILES string of the molecule is COc1ccc(C(=O)N2CCN(C(=O)c3ccc(CN)cc3)CC2)cc1. The molecule has 2 amide bonds. The summed E-state index contributed by atoms with van der Waals surface area (Å²) in [5.74, 6) is 0.690. The molecule has 0 unspecified atom stereocenters. The van der Waals surface area contributed by atoms with Gasteiger partial charge in [0.1, 0.15) is 5.75 Å². The summed E-state index contributed by atoms with van der Waals surface area (Å²) in [6.45, 7) is 2.56. The van der Waals surface area contributed by atoms with E-state index in [1.165, 1.54) is 0 Å². The number of carbonyl (C=O) groups excluding carboxylic acids is 2. The van der Waals surface area contributed by atoms with Crippen LogP contribution >= 0.6 is 0 Å². The molecular formula is C20H23N3O3. The van der Waals surface area contributed by atoms with E-state index in [-0.39, 0.29) is 11.8 Å². The Kier molecular flexibility index (Phi) is 5.53. The summed E-state index contributed by atoms with van der Waals surface area (Å²) < 4.78 is 5.12. The lowest BCUT2D eigenvalue weighted by molar-refractivity contribution is 0.0535. The Balaban J connectivity index is 1.59. The van der Waals surface area contributed by atoms with Crippen molar-refractivity contribution in [3.8, 4) is 5.75 Å². The third-order valence-electron chi connectivity index (χ3n) is 4.63. The number of nitrogens with two attached hydrogens (primary N) is 1. The molecule has 2 aromatic rings. The van der Waals surface area contributed by atoms with Crippen molar-refractivity contribution < 1.29 is 14.3 Å². The molecule has 136 valence electrons. The zero-order valence-electron chi connectivity index (χ0n) is 14.9. The van der Waals surface area contributed by atoms with E-state index in [4.69, 9.17) is 10.5 Å². The minimum absolute atomic E-state index is 0.00915.